The molecule has 1 aliphatic heterocycles. The number of likely N-dealkylation sites (N-methyl/N-ethyl adjacent to an activating group) is 1. The lowest BCUT2D eigenvalue weighted by molar-refractivity contribution is -0.142. The zero-order valence-corrected chi connectivity index (χ0v) is 20.3. The summed E-state index contributed by atoms with van der Waals surface area (Å²) in [6, 6.07) is 7.63. The molecule has 8 nitrogen and oxygen atoms in total. The van der Waals surface area contributed by atoms with Gasteiger partial charge in [-0.15, -0.1) is 0 Å². The molecule has 2 unspecified atom stereocenters. The van der Waals surface area contributed by atoms with Crippen LogP contribution in [0.2, 0.25) is 5.02 Å². The number of aromatic hydroxyl groups is 1. The van der Waals surface area contributed by atoms with Crippen LogP contribution in [0.25, 0.3) is 0 Å². The van der Waals surface area contributed by atoms with E-state index in [-0.39, 0.29) is 35.6 Å². The van der Waals surface area contributed by atoms with Gasteiger partial charge in [0.15, 0.2) is 11.6 Å². The van der Waals surface area contributed by atoms with Crippen molar-refractivity contribution in [3.8, 4) is 17.2 Å². The summed E-state index contributed by atoms with van der Waals surface area (Å²) in [5, 5.41) is 11.7. The molecule has 0 saturated carbocycles. The summed E-state index contributed by atoms with van der Waals surface area (Å²) in [4.78, 5) is 39.4. The summed E-state index contributed by atoms with van der Waals surface area (Å²) in [5.41, 5.74) is 0.629. The van der Waals surface area contributed by atoms with Gasteiger partial charge in [0.1, 0.15) is 29.4 Å². The Labute approximate surface area is 203 Å². The normalized spacial score (nSPS) is 17.9. The van der Waals surface area contributed by atoms with Crippen LogP contribution in [0.15, 0.2) is 30.3 Å². The van der Waals surface area contributed by atoms with Crippen LogP contribution in [0.4, 0.5) is 0 Å². The van der Waals surface area contributed by atoms with Gasteiger partial charge < -0.3 is 19.3 Å². The van der Waals surface area contributed by atoms with E-state index >= 15 is 0 Å². The minimum atomic E-state index is -0.592. The largest absolute Gasteiger partial charge is 0.507 e. The van der Waals surface area contributed by atoms with Crippen LogP contribution >= 0.6 is 11.6 Å². The fraction of sp³-hybridized carbons (Fsp3) is 0.400. The number of esters is 1. The molecule has 0 aliphatic carbocycles. The van der Waals surface area contributed by atoms with Gasteiger partial charge in [-0.2, -0.15) is 0 Å². The number of ketones is 2. The third-order valence-corrected chi connectivity index (χ3v) is 6.34. The van der Waals surface area contributed by atoms with Crippen molar-refractivity contribution < 1.29 is 33.7 Å². The highest BCUT2D eigenvalue weighted by Crippen LogP contribution is 2.47. The molecule has 0 bridgehead atoms. The number of benzene rings is 2. The van der Waals surface area contributed by atoms with Gasteiger partial charge >= 0.3 is 5.97 Å². The number of carbonyl (C=O) groups excluding carboxylic acids is 3. The second kappa shape index (κ2) is 10.9. The maximum Gasteiger partial charge on any atom is 0.302 e. The summed E-state index contributed by atoms with van der Waals surface area (Å²) >= 11 is 5.97. The van der Waals surface area contributed by atoms with Gasteiger partial charge in [0, 0.05) is 35.1 Å². The topological polar surface area (TPSA) is 102 Å². The van der Waals surface area contributed by atoms with E-state index in [0.29, 0.717) is 34.9 Å². The molecule has 3 rings (SSSR count). The van der Waals surface area contributed by atoms with E-state index in [1.807, 2.05) is 11.9 Å². The standard InChI is InChI=1S/C25H28ClNO7/c1-14(28)34-13-18-17(8-9-27(18)2)23-21(32-3)12-22(33-4)24(25(23)31)20(30)11-19(29)15-6-5-7-16(26)10-15/h5-7,10,12,17-18,31H,8-9,11,13H2,1-4H3. The van der Waals surface area contributed by atoms with Crippen molar-refractivity contribution in [2.24, 2.45) is 0 Å². The summed E-state index contributed by atoms with van der Waals surface area (Å²) in [6.45, 7) is 2.16. The number of methoxy groups -OCH3 is 2. The number of hydrogen-bond acceptors (Lipinski definition) is 8. The number of hydrogen-bond donors (Lipinski definition) is 1. The van der Waals surface area contributed by atoms with Crippen molar-refractivity contribution in [1.82, 2.24) is 4.90 Å². The average molecular weight is 490 g/mol. The number of phenolic OH excluding ortho intramolecular Hbond substituents is 1. The van der Waals surface area contributed by atoms with E-state index in [9.17, 15) is 19.5 Å². The molecular formula is C25H28ClNO7. The van der Waals surface area contributed by atoms with Crippen LogP contribution in [0, 0.1) is 0 Å². The van der Waals surface area contributed by atoms with Gasteiger partial charge in [0.05, 0.1) is 26.7 Å². The van der Waals surface area contributed by atoms with Gasteiger partial charge in [0.25, 0.3) is 0 Å². The predicted molar refractivity (Wildman–Crippen MR) is 126 cm³/mol. The lowest BCUT2D eigenvalue weighted by atomic mass is 9.87. The van der Waals surface area contributed by atoms with Crippen LogP contribution in [0.5, 0.6) is 17.2 Å². The molecule has 2 atom stereocenters. The van der Waals surface area contributed by atoms with Crippen molar-refractivity contribution in [2.75, 3.05) is 34.4 Å². The van der Waals surface area contributed by atoms with Gasteiger partial charge in [-0.25, -0.2) is 0 Å². The Bertz CT molecular complexity index is 1100. The minimum absolute atomic E-state index is 0.0885. The third kappa shape index (κ3) is 5.34. The number of phenols is 1. The highest BCUT2D eigenvalue weighted by atomic mass is 35.5. The number of carbonyl (C=O) groups is 3. The van der Waals surface area contributed by atoms with E-state index in [1.54, 1.807) is 18.2 Å². The van der Waals surface area contributed by atoms with Gasteiger partial charge in [0.2, 0.25) is 0 Å². The van der Waals surface area contributed by atoms with Crippen LogP contribution in [-0.4, -0.2) is 68.0 Å². The maximum atomic E-state index is 13.2. The molecule has 1 aliphatic rings. The molecule has 2 aromatic carbocycles. The van der Waals surface area contributed by atoms with E-state index in [2.05, 4.69) is 0 Å². The van der Waals surface area contributed by atoms with Gasteiger partial charge in [-0.3, -0.25) is 19.3 Å². The van der Waals surface area contributed by atoms with Crippen molar-refractivity contribution in [1.29, 1.82) is 0 Å². The Hall–Kier alpha value is -3.10. The first-order chi connectivity index (χ1) is 16.2. The number of Topliss-reactive ketones (excluding diaryl/α,β-unsaturated/α-hetero) is 2. The van der Waals surface area contributed by atoms with E-state index in [1.165, 1.54) is 33.3 Å². The average Bonchev–Trinajstić information content (AvgIpc) is 3.16. The number of ether oxygens (including phenoxy) is 3. The van der Waals surface area contributed by atoms with Crippen LogP contribution in [-0.2, 0) is 9.53 Å². The smallest absolute Gasteiger partial charge is 0.302 e. The molecule has 0 radical (unpaired) electrons. The SMILES string of the molecule is COc1cc(OC)c(C2CCN(C)C2COC(C)=O)c(O)c1C(=O)CC(=O)c1cccc(Cl)c1. The van der Waals surface area contributed by atoms with E-state index < -0.39 is 24.0 Å². The Kier molecular flexibility index (Phi) is 8.17. The molecule has 34 heavy (non-hydrogen) atoms. The first-order valence-corrected chi connectivity index (χ1v) is 11.2. The molecule has 0 spiro atoms. The molecule has 182 valence electrons. The molecule has 2 aromatic rings. The molecule has 1 fully saturated rings. The molecular weight excluding hydrogens is 462 g/mol. The van der Waals surface area contributed by atoms with Crippen molar-refractivity contribution in [2.45, 2.75) is 31.7 Å². The highest BCUT2D eigenvalue weighted by Gasteiger charge is 2.39. The summed E-state index contributed by atoms with van der Waals surface area (Å²) in [7, 11) is 4.73. The van der Waals surface area contributed by atoms with Crippen LogP contribution < -0.4 is 9.47 Å². The minimum Gasteiger partial charge on any atom is -0.507 e. The van der Waals surface area contributed by atoms with E-state index in [0.717, 1.165) is 0 Å². The fourth-order valence-electron chi connectivity index (χ4n) is 4.38. The zero-order valence-electron chi connectivity index (χ0n) is 19.6. The van der Waals surface area contributed by atoms with Crippen LogP contribution in [0.1, 0.15) is 52.0 Å². The third-order valence-electron chi connectivity index (χ3n) is 6.10. The molecule has 9 heteroatoms. The lowest BCUT2D eigenvalue weighted by Crippen LogP contribution is -2.34. The molecule has 1 saturated heterocycles. The second-order valence-corrected chi connectivity index (χ2v) is 8.63. The maximum absolute atomic E-state index is 13.2. The molecule has 1 N–H and O–H groups in total. The molecule has 1 heterocycles. The van der Waals surface area contributed by atoms with Crippen molar-refractivity contribution >= 4 is 29.1 Å². The van der Waals surface area contributed by atoms with Crippen LogP contribution in [0.3, 0.4) is 0 Å². The Morgan fingerprint density at radius 2 is 1.82 bits per heavy atom. The summed E-state index contributed by atoms with van der Waals surface area (Å²) in [6.07, 6.45) is 0.172. The Morgan fingerprint density at radius 3 is 2.44 bits per heavy atom. The monoisotopic (exact) mass is 489 g/mol. The first kappa shape index (κ1) is 25.5. The molecule has 0 amide bonds. The lowest BCUT2D eigenvalue weighted by Gasteiger charge is -2.27. The fourth-order valence-corrected chi connectivity index (χ4v) is 4.57. The number of nitrogens with zero attached hydrogens (tertiary/aromatic N) is 1. The molecule has 0 aromatic heterocycles. The van der Waals surface area contributed by atoms with Gasteiger partial charge in [-0.1, -0.05) is 23.7 Å². The first-order valence-electron chi connectivity index (χ1n) is 10.8. The van der Waals surface area contributed by atoms with Crippen molar-refractivity contribution in [3.63, 3.8) is 0 Å². The summed E-state index contributed by atoms with van der Waals surface area (Å²) < 4.78 is 16.1. The predicted octanol–water partition coefficient (Wildman–Crippen LogP) is 3.87. The number of likely N-dealkylation sites (tertiary alicyclic amines) is 1. The summed E-state index contributed by atoms with van der Waals surface area (Å²) in [5.74, 6) is -1.55. The van der Waals surface area contributed by atoms with E-state index in [4.69, 9.17) is 25.8 Å². The van der Waals surface area contributed by atoms with Crippen molar-refractivity contribution in [3.05, 3.63) is 52.0 Å². The Morgan fingerprint density at radius 1 is 1.12 bits per heavy atom. The quantitative estimate of drug-likeness (QED) is 0.322. The number of rotatable bonds is 9. The highest BCUT2D eigenvalue weighted by molar-refractivity contribution is 6.31. The number of halogens is 1. The second-order valence-electron chi connectivity index (χ2n) is 8.20. The Balaban J connectivity index is 2.01. The zero-order chi connectivity index (χ0) is 25.0. The van der Waals surface area contributed by atoms with Gasteiger partial charge in [-0.05, 0) is 32.1 Å².